The third kappa shape index (κ3) is 1.59. The Balaban J connectivity index is 2.59. The number of esters is 1. The first-order valence-corrected chi connectivity index (χ1v) is 4.24. The molecule has 1 fully saturated rings. The summed E-state index contributed by atoms with van der Waals surface area (Å²) < 4.78 is 4.88. The largest absolute Gasteiger partial charge is 0.465 e. The quantitative estimate of drug-likeness (QED) is 0.566. The normalized spacial score (nSPS) is 28.8. The molecule has 0 aliphatic carbocycles. The number of carbonyl (C=O) groups is 1. The van der Waals surface area contributed by atoms with Crippen LogP contribution in [0.15, 0.2) is 0 Å². The Bertz CT molecular complexity index is 164. The molecule has 1 saturated heterocycles. The Morgan fingerprint density at radius 2 is 2.50 bits per heavy atom. The summed E-state index contributed by atoms with van der Waals surface area (Å²) in [5.41, 5.74) is -0.671. The molecule has 1 atom stereocenters. The van der Waals surface area contributed by atoms with E-state index in [9.17, 15) is 4.79 Å². The van der Waals surface area contributed by atoms with E-state index in [2.05, 4.69) is 5.32 Å². The molecule has 1 aliphatic rings. The summed E-state index contributed by atoms with van der Waals surface area (Å²) in [6.45, 7) is 3.33. The van der Waals surface area contributed by atoms with Gasteiger partial charge in [-0.2, -0.15) is 0 Å². The number of aliphatic hydroxyl groups excluding tert-OH is 1. The summed E-state index contributed by atoms with van der Waals surface area (Å²) in [6, 6.07) is 0. The zero-order valence-electron chi connectivity index (χ0n) is 7.30. The van der Waals surface area contributed by atoms with Gasteiger partial charge in [-0.25, -0.2) is 0 Å². The lowest BCUT2D eigenvalue weighted by Gasteiger charge is -2.22. The molecule has 0 bridgehead atoms. The van der Waals surface area contributed by atoms with Crippen LogP contribution >= 0.6 is 0 Å². The molecule has 12 heavy (non-hydrogen) atoms. The highest BCUT2D eigenvalue weighted by Crippen LogP contribution is 2.26. The third-order valence-electron chi connectivity index (χ3n) is 2.25. The van der Waals surface area contributed by atoms with Crippen LogP contribution in [0.25, 0.3) is 0 Å². The van der Waals surface area contributed by atoms with Gasteiger partial charge in [0, 0.05) is 6.54 Å². The van der Waals surface area contributed by atoms with Gasteiger partial charge in [0.25, 0.3) is 0 Å². The molecule has 1 aliphatic heterocycles. The van der Waals surface area contributed by atoms with Crippen molar-refractivity contribution in [3.63, 3.8) is 0 Å². The second kappa shape index (κ2) is 3.87. The highest BCUT2D eigenvalue weighted by Gasteiger charge is 2.41. The lowest BCUT2D eigenvalue weighted by atomic mass is 9.88. The second-order valence-corrected chi connectivity index (χ2v) is 3.09. The van der Waals surface area contributed by atoms with Gasteiger partial charge in [-0.1, -0.05) is 0 Å². The summed E-state index contributed by atoms with van der Waals surface area (Å²) in [6.07, 6.45) is 0.669. The van der Waals surface area contributed by atoms with Crippen LogP contribution in [0.3, 0.4) is 0 Å². The van der Waals surface area contributed by atoms with E-state index in [1.54, 1.807) is 6.92 Å². The van der Waals surface area contributed by atoms with Gasteiger partial charge in [-0.15, -0.1) is 0 Å². The van der Waals surface area contributed by atoms with Crippen molar-refractivity contribution in [2.24, 2.45) is 5.41 Å². The van der Waals surface area contributed by atoms with E-state index in [-0.39, 0.29) is 12.6 Å². The van der Waals surface area contributed by atoms with Gasteiger partial charge in [-0.05, 0) is 19.9 Å². The number of aliphatic hydroxyl groups is 1. The molecule has 0 radical (unpaired) electrons. The fourth-order valence-corrected chi connectivity index (χ4v) is 1.40. The Labute approximate surface area is 71.9 Å². The molecule has 4 heteroatoms. The molecule has 4 nitrogen and oxygen atoms in total. The summed E-state index contributed by atoms with van der Waals surface area (Å²) in [7, 11) is 0. The van der Waals surface area contributed by atoms with E-state index in [1.807, 2.05) is 0 Å². The summed E-state index contributed by atoms with van der Waals surface area (Å²) >= 11 is 0. The molecular formula is C8H15NO3. The third-order valence-corrected chi connectivity index (χ3v) is 2.25. The second-order valence-electron chi connectivity index (χ2n) is 3.09. The van der Waals surface area contributed by atoms with Crippen molar-refractivity contribution in [2.45, 2.75) is 13.3 Å². The van der Waals surface area contributed by atoms with Crippen molar-refractivity contribution < 1.29 is 14.6 Å². The predicted octanol–water partition coefficient (Wildman–Crippen LogP) is -0.478. The van der Waals surface area contributed by atoms with Crippen LogP contribution in [0.1, 0.15) is 13.3 Å². The molecule has 1 unspecified atom stereocenters. The number of carbonyl (C=O) groups excluding carboxylic acids is 1. The number of hydrogen-bond donors (Lipinski definition) is 2. The van der Waals surface area contributed by atoms with Crippen molar-refractivity contribution in [2.75, 3.05) is 26.3 Å². The van der Waals surface area contributed by atoms with Crippen LogP contribution in [-0.4, -0.2) is 37.4 Å². The van der Waals surface area contributed by atoms with Gasteiger partial charge >= 0.3 is 5.97 Å². The van der Waals surface area contributed by atoms with Crippen LogP contribution in [0, 0.1) is 5.41 Å². The summed E-state index contributed by atoms with van der Waals surface area (Å²) in [5.74, 6) is -0.280. The first kappa shape index (κ1) is 9.48. The highest BCUT2D eigenvalue weighted by molar-refractivity contribution is 5.77. The minimum atomic E-state index is -0.671. The lowest BCUT2D eigenvalue weighted by molar-refractivity contribution is -0.156. The van der Waals surface area contributed by atoms with Gasteiger partial charge < -0.3 is 15.2 Å². The van der Waals surface area contributed by atoms with Gasteiger partial charge in [0.2, 0.25) is 0 Å². The molecule has 0 spiro atoms. The van der Waals surface area contributed by atoms with Crippen LogP contribution in [-0.2, 0) is 9.53 Å². The Morgan fingerprint density at radius 1 is 1.75 bits per heavy atom. The number of hydrogen-bond acceptors (Lipinski definition) is 4. The number of ether oxygens (including phenoxy) is 1. The fourth-order valence-electron chi connectivity index (χ4n) is 1.40. The van der Waals surface area contributed by atoms with E-state index in [1.165, 1.54) is 0 Å². The maximum atomic E-state index is 11.4. The van der Waals surface area contributed by atoms with Gasteiger partial charge in [0.05, 0.1) is 13.2 Å². The van der Waals surface area contributed by atoms with Crippen molar-refractivity contribution >= 4 is 5.97 Å². The summed E-state index contributed by atoms with van der Waals surface area (Å²) in [4.78, 5) is 11.4. The van der Waals surface area contributed by atoms with E-state index < -0.39 is 5.41 Å². The van der Waals surface area contributed by atoms with Crippen LogP contribution in [0.2, 0.25) is 0 Å². The zero-order valence-corrected chi connectivity index (χ0v) is 7.30. The molecule has 0 saturated carbocycles. The highest BCUT2D eigenvalue weighted by atomic mass is 16.5. The number of rotatable bonds is 3. The van der Waals surface area contributed by atoms with Crippen molar-refractivity contribution in [3.8, 4) is 0 Å². The molecule has 0 amide bonds. The van der Waals surface area contributed by atoms with Crippen molar-refractivity contribution in [3.05, 3.63) is 0 Å². The van der Waals surface area contributed by atoms with Gasteiger partial charge in [0.15, 0.2) is 0 Å². The van der Waals surface area contributed by atoms with Crippen LogP contribution in [0.4, 0.5) is 0 Å². The molecule has 1 heterocycles. The minimum Gasteiger partial charge on any atom is -0.465 e. The minimum absolute atomic E-state index is 0.126. The summed E-state index contributed by atoms with van der Waals surface area (Å²) in [5, 5.41) is 12.1. The van der Waals surface area contributed by atoms with Crippen molar-refractivity contribution in [1.82, 2.24) is 5.32 Å². The first-order valence-electron chi connectivity index (χ1n) is 4.24. The molecule has 0 aromatic carbocycles. The molecule has 70 valence electrons. The Kier molecular flexibility index (Phi) is 3.05. The van der Waals surface area contributed by atoms with Crippen LogP contribution in [0.5, 0.6) is 0 Å². The fraction of sp³-hybridized carbons (Fsp3) is 0.875. The molecule has 1 rings (SSSR count). The molecule has 2 N–H and O–H groups in total. The van der Waals surface area contributed by atoms with Gasteiger partial charge in [-0.3, -0.25) is 4.79 Å². The Morgan fingerprint density at radius 3 is 2.92 bits per heavy atom. The van der Waals surface area contributed by atoms with Crippen LogP contribution < -0.4 is 5.32 Å². The standard InChI is InChI=1S/C8H15NO3/c1-2-12-7(11)8(6-10)3-4-9-5-8/h9-10H,2-6H2,1H3. The topological polar surface area (TPSA) is 58.6 Å². The lowest BCUT2D eigenvalue weighted by Crippen LogP contribution is -2.38. The molecular weight excluding hydrogens is 158 g/mol. The maximum absolute atomic E-state index is 11.4. The number of nitrogens with one attached hydrogen (secondary N) is 1. The predicted molar refractivity (Wildman–Crippen MR) is 43.6 cm³/mol. The van der Waals surface area contributed by atoms with E-state index >= 15 is 0 Å². The van der Waals surface area contributed by atoms with E-state index in [0.717, 1.165) is 6.54 Å². The maximum Gasteiger partial charge on any atom is 0.315 e. The van der Waals surface area contributed by atoms with Crippen molar-refractivity contribution in [1.29, 1.82) is 0 Å². The SMILES string of the molecule is CCOC(=O)C1(CO)CCNC1. The average molecular weight is 173 g/mol. The smallest absolute Gasteiger partial charge is 0.315 e. The molecule has 0 aromatic heterocycles. The average Bonchev–Trinajstić information content (AvgIpc) is 2.54. The van der Waals surface area contributed by atoms with E-state index in [0.29, 0.717) is 19.6 Å². The van der Waals surface area contributed by atoms with Gasteiger partial charge in [0.1, 0.15) is 5.41 Å². The Hall–Kier alpha value is -0.610. The monoisotopic (exact) mass is 173 g/mol. The first-order chi connectivity index (χ1) is 5.75. The zero-order chi connectivity index (χ0) is 9.03. The molecule has 0 aromatic rings. The van der Waals surface area contributed by atoms with E-state index in [4.69, 9.17) is 9.84 Å².